The van der Waals surface area contributed by atoms with Crippen LogP contribution in [0.3, 0.4) is 0 Å². The molecule has 0 unspecified atom stereocenters. The van der Waals surface area contributed by atoms with E-state index in [1.165, 1.54) is 12.4 Å². The van der Waals surface area contributed by atoms with Crippen molar-refractivity contribution in [1.29, 1.82) is 0 Å². The highest BCUT2D eigenvalue weighted by Gasteiger charge is 2.08. The molecule has 6 nitrogen and oxygen atoms in total. The minimum absolute atomic E-state index is 0.105. The normalized spacial score (nSPS) is 10.7. The Morgan fingerprint density at radius 1 is 1.35 bits per heavy atom. The van der Waals surface area contributed by atoms with E-state index in [1.54, 1.807) is 24.3 Å². The summed E-state index contributed by atoms with van der Waals surface area (Å²) in [4.78, 5) is 28.1. The lowest BCUT2D eigenvalue weighted by molar-refractivity contribution is 0.0953. The van der Waals surface area contributed by atoms with E-state index >= 15 is 0 Å². The third-order valence-corrected chi connectivity index (χ3v) is 2.79. The van der Waals surface area contributed by atoms with Gasteiger partial charge in [0.15, 0.2) is 4.77 Å². The number of hydrogen-bond donors (Lipinski definition) is 3. The van der Waals surface area contributed by atoms with E-state index in [0.717, 1.165) is 5.56 Å². The summed E-state index contributed by atoms with van der Waals surface area (Å²) in [7, 11) is 0. The molecule has 8 heteroatoms. The highest BCUT2D eigenvalue weighted by molar-refractivity contribution is 7.71. The highest BCUT2D eigenvalue weighted by Crippen LogP contribution is 2.07. The molecule has 0 radical (unpaired) electrons. The zero-order valence-electron chi connectivity index (χ0n) is 10.0. The molecule has 20 heavy (non-hydrogen) atoms. The molecule has 0 aliphatic carbocycles. The van der Waals surface area contributed by atoms with Crippen LogP contribution in [0.1, 0.15) is 15.9 Å². The van der Waals surface area contributed by atoms with Crippen LogP contribution in [-0.2, 0) is 0 Å². The van der Waals surface area contributed by atoms with Crippen molar-refractivity contribution in [1.82, 2.24) is 15.4 Å². The van der Waals surface area contributed by atoms with Crippen molar-refractivity contribution >= 4 is 35.9 Å². The molecule has 3 N–H and O–H groups in total. The van der Waals surface area contributed by atoms with Gasteiger partial charge in [0.2, 0.25) is 0 Å². The number of rotatable bonds is 3. The standard InChI is InChI=1S/C12H9ClN4O2S/c13-8-3-1-7(2-4-8)5-15-17-11(19)9-6-14-12(20)16-10(9)18/h1-6H,(H,17,19)(H2,14,16,18,20). The van der Waals surface area contributed by atoms with Crippen molar-refractivity contribution in [3.63, 3.8) is 0 Å². The van der Waals surface area contributed by atoms with Gasteiger partial charge in [-0.3, -0.25) is 14.6 Å². The molecule has 1 aromatic carbocycles. The monoisotopic (exact) mass is 308 g/mol. The van der Waals surface area contributed by atoms with Crippen LogP contribution in [0.4, 0.5) is 0 Å². The van der Waals surface area contributed by atoms with Crippen LogP contribution in [0.25, 0.3) is 0 Å². The zero-order valence-corrected chi connectivity index (χ0v) is 11.6. The molecule has 2 aromatic rings. The molecule has 0 atom stereocenters. The van der Waals surface area contributed by atoms with Gasteiger partial charge in [-0.15, -0.1) is 0 Å². The second-order valence-electron chi connectivity index (χ2n) is 3.74. The summed E-state index contributed by atoms with van der Waals surface area (Å²) < 4.78 is 0.149. The summed E-state index contributed by atoms with van der Waals surface area (Å²) in [5.41, 5.74) is 2.33. The molecule has 1 aromatic heterocycles. The average molecular weight is 309 g/mol. The summed E-state index contributed by atoms with van der Waals surface area (Å²) in [6, 6.07) is 6.88. The first-order valence-electron chi connectivity index (χ1n) is 5.47. The Labute approximate surface area is 123 Å². The highest BCUT2D eigenvalue weighted by atomic mass is 35.5. The second-order valence-corrected chi connectivity index (χ2v) is 4.58. The third-order valence-electron chi connectivity index (χ3n) is 2.31. The molecule has 0 spiro atoms. The number of halogens is 1. The lowest BCUT2D eigenvalue weighted by Gasteiger charge is -1.98. The first kappa shape index (κ1) is 14.2. The van der Waals surface area contributed by atoms with Crippen molar-refractivity contribution in [3.05, 3.63) is 61.7 Å². The lowest BCUT2D eigenvalue weighted by atomic mass is 10.2. The predicted molar refractivity (Wildman–Crippen MR) is 78.8 cm³/mol. The first-order chi connectivity index (χ1) is 9.56. The Hall–Kier alpha value is -2.25. The smallest absolute Gasteiger partial charge is 0.278 e. The van der Waals surface area contributed by atoms with Crippen LogP contribution in [-0.4, -0.2) is 22.1 Å². The summed E-state index contributed by atoms with van der Waals surface area (Å²) in [5, 5.41) is 4.36. The minimum atomic E-state index is -0.636. The van der Waals surface area contributed by atoms with Gasteiger partial charge in [-0.1, -0.05) is 23.7 Å². The van der Waals surface area contributed by atoms with Crippen molar-refractivity contribution in [2.45, 2.75) is 0 Å². The number of aromatic nitrogens is 2. The number of nitrogens with one attached hydrogen (secondary N) is 3. The number of benzene rings is 1. The molecule has 1 heterocycles. The van der Waals surface area contributed by atoms with Crippen LogP contribution in [0.15, 0.2) is 40.4 Å². The van der Waals surface area contributed by atoms with E-state index < -0.39 is 11.5 Å². The van der Waals surface area contributed by atoms with Gasteiger partial charge in [0.25, 0.3) is 11.5 Å². The number of H-pyrrole nitrogens is 2. The van der Waals surface area contributed by atoms with Crippen molar-refractivity contribution in [2.75, 3.05) is 0 Å². The molecule has 1 amide bonds. The largest absolute Gasteiger partial charge is 0.338 e. The van der Waals surface area contributed by atoms with Gasteiger partial charge in [0, 0.05) is 11.2 Å². The molecular formula is C12H9ClN4O2S. The fourth-order valence-electron chi connectivity index (χ4n) is 1.35. The van der Waals surface area contributed by atoms with E-state index in [2.05, 4.69) is 20.5 Å². The van der Waals surface area contributed by atoms with Crippen LogP contribution in [0.2, 0.25) is 5.02 Å². The molecule has 0 saturated carbocycles. The first-order valence-corrected chi connectivity index (χ1v) is 6.26. The molecular weight excluding hydrogens is 300 g/mol. The topological polar surface area (TPSA) is 90.1 Å². The second kappa shape index (κ2) is 6.27. The molecule has 0 aliphatic rings. The molecule has 0 bridgehead atoms. The number of carbonyl (C=O) groups is 1. The SMILES string of the molecule is O=C(NN=Cc1ccc(Cl)cc1)c1c[nH]c(=S)[nH]c1=O. The van der Waals surface area contributed by atoms with Crippen LogP contribution < -0.4 is 11.0 Å². The van der Waals surface area contributed by atoms with Crippen LogP contribution in [0.5, 0.6) is 0 Å². The fraction of sp³-hybridized carbons (Fsp3) is 0. The Bertz CT molecular complexity index is 764. The van der Waals surface area contributed by atoms with Crippen LogP contribution in [0, 0.1) is 4.77 Å². The van der Waals surface area contributed by atoms with Gasteiger partial charge in [0.05, 0.1) is 6.21 Å². The fourth-order valence-corrected chi connectivity index (χ4v) is 1.63. The maximum atomic E-state index is 11.7. The Morgan fingerprint density at radius 2 is 2.05 bits per heavy atom. The number of hydrogen-bond acceptors (Lipinski definition) is 4. The molecule has 0 fully saturated rings. The van der Waals surface area contributed by atoms with Gasteiger partial charge in [-0.05, 0) is 29.9 Å². The Kier molecular flexibility index (Phi) is 4.44. The molecule has 0 aliphatic heterocycles. The average Bonchev–Trinajstić information content (AvgIpc) is 2.41. The van der Waals surface area contributed by atoms with E-state index in [-0.39, 0.29) is 10.3 Å². The zero-order chi connectivity index (χ0) is 14.5. The number of aromatic amines is 2. The molecule has 2 rings (SSSR count). The van der Waals surface area contributed by atoms with Crippen LogP contribution >= 0.6 is 23.8 Å². The van der Waals surface area contributed by atoms with E-state index in [0.29, 0.717) is 5.02 Å². The molecule has 0 saturated heterocycles. The predicted octanol–water partition coefficient (Wildman–Crippen LogP) is 1.85. The number of carbonyl (C=O) groups excluding carboxylic acids is 1. The Balaban J connectivity index is 2.07. The van der Waals surface area contributed by atoms with E-state index in [4.69, 9.17) is 23.8 Å². The molecule has 102 valence electrons. The van der Waals surface area contributed by atoms with Gasteiger partial charge < -0.3 is 4.98 Å². The van der Waals surface area contributed by atoms with Gasteiger partial charge in [-0.2, -0.15) is 5.10 Å². The number of amides is 1. The summed E-state index contributed by atoms with van der Waals surface area (Å²) >= 11 is 10.5. The summed E-state index contributed by atoms with van der Waals surface area (Å²) in [5.74, 6) is -0.636. The van der Waals surface area contributed by atoms with E-state index in [1.807, 2.05) is 0 Å². The lowest BCUT2D eigenvalue weighted by Crippen LogP contribution is -2.26. The van der Waals surface area contributed by atoms with Crippen molar-refractivity contribution in [2.24, 2.45) is 5.10 Å². The minimum Gasteiger partial charge on any atom is -0.338 e. The van der Waals surface area contributed by atoms with Gasteiger partial charge >= 0.3 is 0 Å². The van der Waals surface area contributed by atoms with Gasteiger partial charge in [-0.25, -0.2) is 5.43 Å². The third kappa shape index (κ3) is 3.62. The maximum Gasteiger partial charge on any atom is 0.278 e. The maximum absolute atomic E-state index is 11.7. The van der Waals surface area contributed by atoms with Gasteiger partial charge in [0.1, 0.15) is 5.56 Å². The summed E-state index contributed by atoms with van der Waals surface area (Å²) in [6.07, 6.45) is 2.67. The van der Waals surface area contributed by atoms with Crippen molar-refractivity contribution < 1.29 is 4.79 Å². The van der Waals surface area contributed by atoms with E-state index in [9.17, 15) is 9.59 Å². The Morgan fingerprint density at radius 3 is 2.70 bits per heavy atom. The number of nitrogens with zero attached hydrogens (tertiary/aromatic N) is 1. The van der Waals surface area contributed by atoms with Crippen molar-refractivity contribution in [3.8, 4) is 0 Å². The number of hydrazone groups is 1. The summed E-state index contributed by atoms with van der Waals surface area (Å²) in [6.45, 7) is 0. The quantitative estimate of drug-likeness (QED) is 0.459.